The molecular formula is C17H23CoP2-3. The van der Waals surface area contributed by atoms with Gasteiger partial charge in [-0.1, -0.05) is 39.8 Å². The summed E-state index contributed by atoms with van der Waals surface area (Å²) < 4.78 is 0. The van der Waals surface area contributed by atoms with Crippen LogP contribution < -0.4 is 0 Å². The normalized spacial score (nSPS) is 18.1. The molecule has 0 aromatic rings. The van der Waals surface area contributed by atoms with Crippen LogP contribution in [0.4, 0.5) is 0 Å². The minimum Gasteiger partial charge on any atom is -0.438 e. The van der Waals surface area contributed by atoms with Gasteiger partial charge in [0, 0.05) is 16.8 Å². The molecule has 1 fully saturated rings. The van der Waals surface area contributed by atoms with Crippen molar-refractivity contribution < 1.29 is 16.8 Å². The van der Waals surface area contributed by atoms with E-state index in [0.717, 1.165) is 29.0 Å². The first kappa shape index (κ1) is 18.2. The van der Waals surface area contributed by atoms with Gasteiger partial charge < -0.3 is 28.0 Å². The second kappa shape index (κ2) is 8.59. The first-order valence-corrected chi connectivity index (χ1v) is 8.96. The predicted octanol–water partition coefficient (Wildman–Crippen LogP) is 6.16. The van der Waals surface area contributed by atoms with Crippen molar-refractivity contribution in [3.8, 4) is 11.1 Å². The number of hydrogen-bond donors (Lipinski definition) is 0. The maximum Gasteiger partial charge on any atom is 0 e. The molecule has 0 nitrogen and oxygen atoms in total. The molecule has 0 saturated carbocycles. The second-order valence-electron chi connectivity index (χ2n) is 5.54. The van der Waals surface area contributed by atoms with Crippen molar-refractivity contribution in [2.45, 2.75) is 27.7 Å². The zero-order valence-electron chi connectivity index (χ0n) is 12.5. The van der Waals surface area contributed by atoms with E-state index < -0.39 is 0 Å². The van der Waals surface area contributed by atoms with E-state index in [1.165, 1.54) is 11.1 Å². The zero-order valence-corrected chi connectivity index (χ0v) is 15.6. The van der Waals surface area contributed by atoms with Gasteiger partial charge in [0.25, 0.3) is 0 Å². The van der Waals surface area contributed by atoms with E-state index in [0.29, 0.717) is 0 Å². The van der Waals surface area contributed by atoms with Crippen LogP contribution in [0.15, 0.2) is 42.5 Å². The smallest absolute Gasteiger partial charge is 0 e. The third kappa shape index (κ3) is 4.88. The molecular weight excluding hydrogens is 325 g/mol. The van der Waals surface area contributed by atoms with Crippen LogP contribution in [0.2, 0.25) is 0 Å². The summed E-state index contributed by atoms with van der Waals surface area (Å²) in [7, 11) is 2.22. The quantitative estimate of drug-likeness (QED) is 0.451. The fraction of sp³-hybridized carbons (Fsp3) is 0.353. The number of rotatable bonds is 2. The largest absolute Gasteiger partial charge is 0.438 e. The molecule has 0 bridgehead atoms. The van der Waals surface area contributed by atoms with Crippen LogP contribution in [0, 0.1) is 22.6 Å². The van der Waals surface area contributed by atoms with Gasteiger partial charge in [-0.2, -0.15) is 36.1 Å². The maximum atomic E-state index is 2.31. The van der Waals surface area contributed by atoms with Crippen LogP contribution in [0.3, 0.4) is 0 Å². The average Bonchev–Trinajstić information content (AvgIpc) is 2.74. The van der Waals surface area contributed by atoms with Crippen molar-refractivity contribution in [2.75, 3.05) is 0 Å². The summed E-state index contributed by atoms with van der Waals surface area (Å²) in [5.74, 6) is 1.69. The van der Waals surface area contributed by atoms with Crippen molar-refractivity contribution in [2.24, 2.45) is 11.8 Å². The maximum absolute atomic E-state index is 2.31. The molecule has 0 amide bonds. The Balaban J connectivity index is 0.000000191. The molecule has 1 heterocycles. The van der Waals surface area contributed by atoms with Crippen LogP contribution in [0.25, 0.3) is 11.1 Å². The topological polar surface area (TPSA) is 0 Å². The van der Waals surface area contributed by atoms with Gasteiger partial charge in [-0.05, 0) is 0 Å². The van der Waals surface area contributed by atoms with Crippen molar-refractivity contribution >= 4 is 17.2 Å². The molecule has 0 aromatic heterocycles. The number of fused-ring (bicyclic) bond motifs is 1. The standard InChI is InChI=1S/C9H7.C8H16P2.Co/c1-2-5-9-7-3-6-8(9)4-1;1-5(2)7-9-8(10-7)6(3)4;/h1-7H;5-6,9-10H,1-4H3;/q-1;-2;. The average molecular weight is 348 g/mol. The van der Waals surface area contributed by atoms with Crippen LogP contribution in [-0.2, 0) is 16.8 Å². The van der Waals surface area contributed by atoms with E-state index in [4.69, 9.17) is 0 Å². The molecule has 3 heteroatoms. The van der Waals surface area contributed by atoms with Gasteiger partial charge in [0.15, 0.2) is 0 Å². The molecule has 1 radical (unpaired) electrons. The Morgan fingerprint density at radius 2 is 1.45 bits per heavy atom. The molecule has 113 valence electrons. The monoisotopic (exact) mass is 348 g/mol. The van der Waals surface area contributed by atoms with Crippen LogP contribution in [0.5, 0.6) is 0 Å². The summed E-state index contributed by atoms with van der Waals surface area (Å²) in [4.78, 5) is 0. The van der Waals surface area contributed by atoms with E-state index >= 15 is 0 Å². The van der Waals surface area contributed by atoms with Crippen molar-refractivity contribution in [1.82, 2.24) is 0 Å². The van der Waals surface area contributed by atoms with Gasteiger partial charge in [-0.25, -0.2) is 0 Å². The summed E-state index contributed by atoms with van der Waals surface area (Å²) in [6, 6.07) is 14.7. The summed E-state index contributed by atoms with van der Waals surface area (Å²) in [5, 5.41) is 3.62. The Kier molecular flexibility index (Phi) is 7.84. The minimum atomic E-state index is 0. The SMILES string of the molecule is CC(C)[C-]1P[C-](C(C)C)P1.[Co].c1cc2cc[cH-]cc-2c1. The van der Waals surface area contributed by atoms with Gasteiger partial charge >= 0.3 is 0 Å². The molecule has 0 atom stereocenters. The Morgan fingerprint density at radius 1 is 0.900 bits per heavy atom. The third-order valence-electron chi connectivity index (χ3n) is 3.24. The minimum absolute atomic E-state index is 0. The van der Waals surface area contributed by atoms with Gasteiger partial charge in [0.05, 0.1) is 0 Å². The Labute approximate surface area is 138 Å². The van der Waals surface area contributed by atoms with E-state index in [9.17, 15) is 0 Å². The molecule has 3 aliphatic rings. The van der Waals surface area contributed by atoms with E-state index in [2.05, 4.69) is 70.2 Å². The molecule has 1 aliphatic heterocycles. The Morgan fingerprint density at radius 3 is 1.95 bits per heavy atom. The van der Waals surface area contributed by atoms with Gasteiger partial charge in [-0.15, -0.1) is 17.2 Å². The third-order valence-corrected chi connectivity index (χ3v) is 8.13. The fourth-order valence-corrected chi connectivity index (χ4v) is 4.91. The van der Waals surface area contributed by atoms with Crippen molar-refractivity contribution in [3.63, 3.8) is 0 Å². The molecule has 1 saturated heterocycles. The summed E-state index contributed by atoms with van der Waals surface area (Å²) in [6.45, 7) is 9.25. The van der Waals surface area contributed by atoms with Crippen molar-refractivity contribution in [1.29, 1.82) is 0 Å². The van der Waals surface area contributed by atoms with Gasteiger partial charge in [0.1, 0.15) is 0 Å². The van der Waals surface area contributed by atoms with Crippen LogP contribution >= 0.6 is 17.2 Å². The number of hydrogen-bond acceptors (Lipinski definition) is 0. The molecule has 0 unspecified atom stereocenters. The Bertz CT molecular complexity index is 419. The fourth-order valence-electron chi connectivity index (χ4n) is 1.94. The van der Waals surface area contributed by atoms with Gasteiger partial charge in [-0.3, -0.25) is 0 Å². The Hall–Kier alpha value is 0.196. The molecule has 2 aliphatic carbocycles. The van der Waals surface area contributed by atoms with E-state index in [1.54, 1.807) is 0 Å². The number of benzene rings is 1. The second-order valence-corrected chi connectivity index (χ2v) is 9.20. The summed E-state index contributed by atoms with van der Waals surface area (Å²) >= 11 is 0. The van der Waals surface area contributed by atoms with Crippen LogP contribution in [-0.4, -0.2) is 0 Å². The molecule has 3 rings (SSSR count). The molecule has 0 spiro atoms. The first-order chi connectivity index (χ1) is 9.08. The molecule has 20 heavy (non-hydrogen) atoms. The van der Waals surface area contributed by atoms with Gasteiger partial charge in [0.2, 0.25) is 0 Å². The predicted molar refractivity (Wildman–Crippen MR) is 91.4 cm³/mol. The molecule has 0 N–H and O–H groups in total. The molecule has 0 aromatic carbocycles. The summed E-state index contributed by atoms with van der Waals surface area (Å²) in [5.41, 5.74) is 2.66. The van der Waals surface area contributed by atoms with Crippen molar-refractivity contribution in [3.05, 3.63) is 53.3 Å². The van der Waals surface area contributed by atoms with Crippen LogP contribution in [0.1, 0.15) is 27.7 Å². The van der Waals surface area contributed by atoms with E-state index in [1.807, 2.05) is 10.8 Å². The summed E-state index contributed by atoms with van der Waals surface area (Å²) in [6.07, 6.45) is 0. The first-order valence-electron chi connectivity index (χ1n) is 6.96. The zero-order chi connectivity index (χ0) is 13.8. The van der Waals surface area contributed by atoms with E-state index in [-0.39, 0.29) is 16.8 Å².